The van der Waals surface area contributed by atoms with Gasteiger partial charge in [0.05, 0.1) is 11.1 Å². The van der Waals surface area contributed by atoms with Gasteiger partial charge in [0.2, 0.25) is 0 Å². The lowest BCUT2D eigenvalue weighted by molar-refractivity contribution is 0.0699. The van der Waals surface area contributed by atoms with Crippen LogP contribution in [-0.4, -0.2) is 16.1 Å². The summed E-state index contributed by atoms with van der Waals surface area (Å²) in [6, 6.07) is 3.98. The lowest BCUT2D eigenvalue weighted by atomic mass is 10.1. The van der Waals surface area contributed by atoms with E-state index in [-0.39, 0.29) is 16.1 Å². The second-order valence-electron chi connectivity index (χ2n) is 2.84. The second-order valence-corrected chi connectivity index (χ2v) is 3.28. The molecule has 1 aromatic heterocycles. The number of carboxylic acid groups (broad SMARTS) is 1. The lowest BCUT2D eigenvalue weighted by Crippen LogP contribution is -1.97. The van der Waals surface area contributed by atoms with Gasteiger partial charge in [-0.15, -0.1) is 0 Å². The summed E-state index contributed by atoms with van der Waals surface area (Å²) in [5.74, 6) is -1.72. The summed E-state index contributed by atoms with van der Waals surface area (Å²) in [6.45, 7) is 0. The molecule has 5 heteroatoms. The highest BCUT2D eigenvalue weighted by Crippen LogP contribution is 2.24. The minimum atomic E-state index is -1.14. The number of hydrogen-bond donors (Lipinski definition) is 2. The van der Waals surface area contributed by atoms with Gasteiger partial charge in [-0.1, -0.05) is 11.6 Å². The van der Waals surface area contributed by atoms with Crippen molar-refractivity contribution in [2.24, 2.45) is 0 Å². The minimum absolute atomic E-state index is 0.0311. The summed E-state index contributed by atoms with van der Waals surface area (Å²) in [7, 11) is 0. The molecule has 0 aliphatic heterocycles. The SMILES string of the molecule is O=C(O)c1cc(Cl)cc2cc(F)[nH]c12. The Morgan fingerprint density at radius 1 is 1.43 bits per heavy atom. The number of halogens is 2. The van der Waals surface area contributed by atoms with Gasteiger partial charge in [-0.25, -0.2) is 4.79 Å². The molecule has 3 nitrogen and oxygen atoms in total. The van der Waals surface area contributed by atoms with Crippen LogP contribution in [0, 0.1) is 5.95 Å². The van der Waals surface area contributed by atoms with Gasteiger partial charge in [0.25, 0.3) is 0 Å². The van der Waals surface area contributed by atoms with Crippen molar-refractivity contribution in [3.05, 3.63) is 34.7 Å². The lowest BCUT2D eigenvalue weighted by Gasteiger charge is -1.97. The van der Waals surface area contributed by atoms with Gasteiger partial charge in [-0.2, -0.15) is 4.39 Å². The van der Waals surface area contributed by atoms with E-state index in [2.05, 4.69) is 4.98 Å². The van der Waals surface area contributed by atoms with Crippen molar-refractivity contribution in [1.29, 1.82) is 0 Å². The Bertz CT molecular complexity index is 521. The molecule has 0 amide bonds. The fourth-order valence-electron chi connectivity index (χ4n) is 1.34. The molecule has 0 bridgehead atoms. The standard InChI is InChI=1S/C9H5ClFNO2/c10-5-1-4-2-7(11)12-8(4)6(3-5)9(13)14/h1-3,12H,(H,13,14). The van der Waals surface area contributed by atoms with Crippen LogP contribution in [-0.2, 0) is 0 Å². The Balaban J connectivity index is 2.85. The molecule has 0 unspecified atom stereocenters. The van der Waals surface area contributed by atoms with Crippen molar-refractivity contribution >= 4 is 28.5 Å². The van der Waals surface area contributed by atoms with Crippen molar-refractivity contribution < 1.29 is 14.3 Å². The fourth-order valence-corrected chi connectivity index (χ4v) is 1.57. The van der Waals surface area contributed by atoms with Crippen LogP contribution < -0.4 is 0 Å². The predicted octanol–water partition coefficient (Wildman–Crippen LogP) is 2.66. The van der Waals surface area contributed by atoms with Crippen LogP contribution in [0.25, 0.3) is 10.9 Å². The third-order valence-corrected chi connectivity index (χ3v) is 2.11. The van der Waals surface area contributed by atoms with Crippen molar-refractivity contribution in [3.8, 4) is 0 Å². The van der Waals surface area contributed by atoms with E-state index in [1.165, 1.54) is 18.2 Å². The Morgan fingerprint density at radius 3 is 2.79 bits per heavy atom. The molecular weight excluding hydrogens is 209 g/mol. The van der Waals surface area contributed by atoms with Gasteiger partial charge in [0.15, 0.2) is 5.95 Å². The Labute approximate surface area is 83.1 Å². The van der Waals surface area contributed by atoms with E-state index in [9.17, 15) is 9.18 Å². The average Bonchev–Trinajstić information content (AvgIpc) is 2.42. The smallest absolute Gasteiger partial charge is 0.337 e. The van der Waals surface area contributed by atoms with Gasteiger partial charge in [-0.05, 0) is 12.1 Å². The summed E-state index contributed by atoms with van der Waals surface area (Å²) in [6.07, 6.45) is 0. The average molecular weight is 214 g/mol. The first-order chi connectivity index (χ1) is 6.58. The van der Waals surface area contributed by atoms with Crippen LogP contribution >= 0.6 is 11.6 Å². The number of carboxylic acids is 1. The minimum Gasteiger partial charge on any atom is -0.478 e. The molecule has 0 spiro atoms. The monoisotopic (exact) mass is 213 g/mol. The van der Waals surface area contributed by atoms with Crippen LogP contribution in [0.1, 0.15) is 10.4 Å². The second kappa shape index (κ2) is 2.99. The van der Waals surface area contributed by atoms with Gasteiger partial charge in [0.1, 0.15) is 0 Å². The molecule has 1 heterocycles. The zero-order chi connectivity index (χ0) is 10.3. The molecule has 0 radical (unpaired) electrons. The predicted molar refractivity (Wildman–Crippen MR) is 50.2 cm³/mol. The zero-order valence-electron chi connectivity index (χ0n) is 6.84. The molecule has 2 aromatic rings. The van der Waals surface area contributed by atoms with Crippen LogP contribution in [0.3, 0.4) is 0 Å². The summed E-state index contributed by atoms with van der Waals surface area (Å²) in [4.78, 5) is 13.1. The highest BCUT2D eigenvalue weighted by atomic mass is 35.5. The van der Waals surface area contributed by atoms with Gasteiger partial charge < -0.3 is 10.1 Å². The van der Waals surface area contributed by atoms with Crippen LogP contribution in [0.5, 0.6) is 0 Å². The number of aromatic carboxylic acids is 1. The topological polar surface area (TPSA) is 53.1 Å². The van der Waals surface area contributed by atoms with Crippen LogP contribution in [0.4, 0.5) is 4.39 Å². The zero-order valence-corrected chi connectivity index (χ0v) is 7.60. The number of benzene rings is 1. The third kappa shape index (κ3) is 1.33. The van der Waals surface area contributed by atoms with E-state index >= 15 is 0 Å². The molecule has 0 saturated heterocycles. The Hall–Kier alpha value is -1.55. The number of H-pyrrole nitrogens is 1. The van der Waals surface area contributed by atoms with Crippen LogP contribution in [0.2, 0.25) is 5.02 Å². The number of hydrogen-bond acceptors (Lipinski definition) is 1. The highest BCUT2D eigenvalue weighted by molar-refractivity contribution is 6.32. The van der Waals surface area contributed by atoms with E-state index in [1.807, 2.05) is 0 Å². The molecule has 0 saturated carbocycles. The van der Waals surface area contributed by atoms with Gasteiger partial charge >= 0.3 is 5.97 Å². The van der Waals surface area contributed by atoms with Crippen molar-refractivity contribution in [1.82, 2.24) is 4.98 Å². The molecule has 0 aliphatic carbocycles. The first kappa shape index (κ1) is 9.02. The molecule has 14 heavy (non-hydrogen) atoms. The van der Waals surface area contributed by atoms with Crippen LogP contribution in [0.15, 0.2) is 18.2 Å². The molecule has 1 aromatic carbocycles. The van der Waals surface area contributed by atoms with E-state index in [4.69, 9.17) is 16.7 Å². The molecule has 0 fully saturated rings. The molecule has 0 aliphatic rings. The van der Waals surface area contributed by atoms with Gasteiger partial charge in [0, 0.05) is 16.5 Å². The van der Waals surface area contributed by atoms with E-state index < -0.39 is 11.9 Å². The number of aromatic amines is 1. The Morgan fingerprint density at radius 2 is 2.14 bits per heavy atom. The molecule has 0 atom stereocenters. The Kier molecular flexibility index (Phi) is 1.93. The number of aromatic nitrogens is 1. The quantitative estimate of drug-likeness (QED) is 0.765. The maximum atomic E-state index is 12.8. The van der Waals surface area contributed by atoms with Crippen molar-refractivity contribution in [3.63, 3.8) is 0 Å². The summed E-state index contributed by atoms with van der Waals surface area (Å²) < 4.78 is 12.8. The first-order valence-electron chi connectivity index (χ1n) is 3.79. The number of rotatable bonds is 1. The summed E-state index contributed by atoms with van der Waals surface area (Å²) in [5, 5.41) is 9.54. The maximum absolute atomic E-state index is 12.8. The number of nitrogens with one attached hydrogen (secondary N) is 1. The molecule has 2 N–H and O–H groups in total. The molecular formula is C9H5ClFNO2. The van der Waals surface area contributed by atoms with E-state index in [0.717, 1.165) is 0 Å². The summed E-state index contributed by atoms with van der Waals surface area (Å²) >= 11 is 5.68. The van der Waals surface area contributed by atoms with Crippen molar-refractivity contribution in [2.75, 3.05) is 0 Å². The van der Waals surface area contributed by atoms with Gasteiger partial charge in [-0.3, -0.25) is 0 Å². The van der Waals surface area contributed by atoms with Crippen molar-refractivity contribution in [2.45, 2.75) is 0 Å². The number of carbonyl (C=O) groups is 1. The summed E-state index contributed by atoms with van der Waals surface area (Å²) in [5.41, 5.74) is 0.218. The molecule has 72 valence electrons. The normalized spacial score (nSPS) is 10.7. The highest BCUT2D eigenvalue weighted by Gasteiger charge is 2.12. The largest absolute Gasteiger partial charge is 0.478 e. The molecule has 2 rings (SSSR count). The number of fused-ring (bicyclic) bond motifs is 1. The maximum Gasteiger partial charge on any atom is 0.337 e. The third-order valence-electron chi connectivity index (χ3n) is 1.89. The first-order valence-corrected chi connectivity index (χ1v) is 4.17. The van der Waals surface area contributed by atoms with E-state index in [1.54, 1.807) is 0 Å². The fraction of sp³-hybridized carbons (Fsp3) is 0. The van der Waals surface area contributed by atoms with E-state index in [0.29, 0.717) is 5.39 Å².